The number of carbonyl (C=O) groups excluding carboxylic acids is 1. The maximum absolute atomic E-state index is 13.6. The number of para-hydroxylation sites is 2. The monoisotopic (exact) mass is 418 g/mol. The average molecular weight is 419 g/mol. The smallest absolute Gasteiger partial charge is 0.260 e. The molecule has 7 nitrogen and oxygen atoms in total. The van der Waals surface area contributed by atoms with Gasteiger partial charge < -0.3 is 10.2 Å². The molecular weight excluding hydrogens is 400 g/mol. The molecule has 3 heterocycles. The van der Waals surface area contributed by atoms with Crippen molar-refractivity contribution >= 4 is 34.7 Å². The van der Waals surface area contributed by atoms with Gasteiger partial charge in [-0.05, 0) is 43.3 Å². The molecule has 0 aliphatic carbocycles. The van der Waals surface area contributed by atoms with Crippen molar-refractivity contribution in [1.29, 1.82) is 0 Å². The van der Waals surface area contributed by atoms with E-state index in [9.17, 15) is 4.79 Å². The van der Waals surface area contributed by atoms with Crippen LogP contribution in [-0.2, 0) is 13.6 Å². The number of rotatable bonds is 2. The number of aromatic nitrogens is 4. The second-order valence-corrected chi connectivity index (χ2v) is 7.65. The molecule has 0 bridgehead atoms. The van der Waals surface area contributed by atoms with Crippen molar-refractivity contribution < 1.29 is 4.79 Å². The lowest BCUT2D eigenvalue weighted by Crippen LogP contribution is -2.30. The molecule has 150 valence electrons. The number of nitrogens with one attached hydrogen (secondary N) is 1. The van der Waals surface area contributed by atoms with Crippen molar-refractivity contribution in [1.82, 2.24) is 19.6 Å². The van der Waals surface area contributed by atoms with E-state index in [2.05, 4.69) is 15.5 Å². The first-order valence-electron chi connectivity index (χ1n) is 9.52. The molecule has 8 heteroatoms. The molecule has 0 fully saturated rings. The van der Waals surface area contributed by atoms with Gasteiger partial charge in [0.1, 0.15) is 5.82 Å². The van der Waals surface area contributed by atoms with E-state index in [-0.39, 0.29) is 5.91 Å². The van der Waals surface area contributed by atoms with Gasteiger partial charge in [0.25, 0.3) is 5.91 Å². The van der Waals surface area contributed by atoms with Crippen LogP contribution in [0.1, 0.15) is 21.6 Å². The first-order chi connectivity index (χ1) is 14.5. The molecule has 0 spiro atoms. The van der Waals surface area contributed by atoms with Gasteiger partial charge in [-0.2, -0.15) is 10.2 Å². The zero-order valence-corrected chi connectivity index (χ0v) is 17.3. The predicted octanol–water partition coefficient (Wildman–Crippen LogP) is 4.47. The molecule has 2 aromatic carbocycles. The van der Waals surface area contributed by atoms with Gasteiger partial charge in [-0.25, -0.2) is 4.68 Å². The Kier molecular flexibility index (Phi) is 4.33. The number of hydrogen-bond donors (Lipinski definition) is 1. The third-order valence-corrected chi connectivity index (χ3v) is 5.52. The lowest BCUT2D eigenvalue weighted by molar-refractivity contribution is 0.0985. The van der Waals surface area contributed by atoms with Gasteiger partial charge in [-0.3, -0.25) is 9.48 Å². The topological polar surface area (TPSA) is 68.0 Å². The number of aryl methyl sites for hydroxylation is 2. The van der Waals surface area contributed by atoms with E-state index in [0.29, 0.717) is 17.1 Å². The van der Waals surface area contributed by atoms with Crippen LogP contribution in [0, 0.1) is 6.92 Å². The van der Waals surface area contributed by atoms with E-state index in [0.717, 1.165) is 34.1 Å². The zero-order valence-electron chi connectivity index (χ0n) is 16.5. The molecule has 2 aromatic heterocycles. The van der Waals surface area contributed by atoms with Crippen molar-refractivity contribution in [2.45, 2.75) is 13.5 Å². The van der Waals surface area contributed by atoms with Crippen molar-refractivity contribution in [2.75, 3.05) is 10.2 Å². The van der Waals surface area contributed by atoms with E-state index in [1.807, 2.05) is 56.6 Å². The molecule has 1 amide bonds. The van der Waals surface area contributed by atoms with Crippen LogP contribution in [0.25, 0.3) is 5.69 Å². The number of fused-ring (bicyclic) bond motifs is 2. The summed E-state index contributed by atoms with van der Waals surface area (Å²) in [5.41, 5.74) is 4.71. The standard InChI is InChI=1S/C22H19ClN6O/c1-14-9-10-29(26-14)16-7-8-17(18(23)11-16)22(30)28-13-15-12-24-27(2)21(15)25-19-5-3-4-6-20(19)28/h3-12,25H,13H2,1-2H3. The second kappa shape index (κ2) is 7.03. The molecule has 0 radical (unpaired) electrons. The van der Waals surface area contributed by atoms with Crippen molar-refractivity contribution in [2.24, 2.45) is 7.05 Å². The van der Waals surface area contributed by atoms with Gasteiger partial charge in [-0.15, -0.1) is 0 Å². The summed E-state index contributed by atoms with van der Waals surface area (Å²) in [4.78, 5) is 15.3. The summed E-state index contributed by atoms with van der Waals surface area (Å²) in [6.45, 7) is 2.32. The molecule has 30 heavy (non-hydrogen) atoms. The molecule has 4 aromatic rings. The van der Waals surface area contributed by atoms with Gasteiger partial charge in [0.05, 0.1) is 46.1 Å². The van der Waals surface area contributed by atoms with Gasteiger partial charge in [-0.1, -0.05) is 23.7 Å². The van der Waals surface area contributed by atoms with Crippen LogP contribution < -0.4 is 10.2 Å². The third-order valence-electron chi connectivity index (χ3n) is 5.21. The fourth-order valence-corrected chi connectivity index (χ4v) is 3.92. The number of carbonyl (C=O) groups is 1. The van der Waals surface area contributed by atoms with Gasteiger partial charge >= 0.3 is 0 Å². The molecule has 0 atom stereocenters. The summed E-state index contributed by atoms with van der Waals surface area (Å²) in [6.07, 6.45) is 3.64. The van der Waals surface area contributed by atoms with Crippen LogP contribution in [0.15, 0.2) is 60.9 Å². The molecule has 5 rings (SSSR count). The second-order valence-electron chi connectivity index (χ2n) is 7.24. The van der Waals surface area contributed by atoms with Crippen LogP contribution >= 0.6 is 11.6 Å². The molecular formula is C22H19ClN6O. The lowest BCUT2D eigenvalue weighted by atomic mass is 10.1. The Hall–Kier alpha value is -3.58. The maximum Gasteiger partial charge on any atom is 0.260 e. The first kappa shape index (κ1) is 18.4. The number of amides is 1. The molecule has 0 saturated heterocycles. The Labute approximate surface area is 178 Å². The van der Waals surface area contributed by atoms with Crippen LogP contribution in [-0.4, -0.2) is 25.5 Å². The maximum atomic E-state index is 13.6. The minimum Gasteiger partial charge on any atom is -0.338 e. The SMILES string of the molecule is Cc1ccn(-c2ccc(C(=O)N3Cc4cnn(C)c4Nc4ccccc43)c(Cl)c2)n1. The number of nitrogens with zero attached hydrogens (tertiary/aromatic N) is 5. The van der Waals surface area contributed by atoms with Gasteiger partial charge in [0, 0.05) is 18.8 Å². The summed E-state index contributed by atoms with van der Waals surface area (Å²) in [6, 6.07) is 15.0. The Morgan fingerprint density at radius 3 is 2.77 bits per heavy atom. The minimum atomic E-state index is -0.172. The van der Waals surface area contributed by atoms with Gasteiger partial charge in [0.15, 0.2) is 0 Å². The Bertz CT molecular complexity index is 1270. The highest BCUT2D eigenvalue weighted by Gasteiger charge is 2.27. The Morgan fingerprint density at radius 2 is 2.00 bits per heavy atom. The van der Waals surface area contributed by atoms with Gasteiger partial charge in [0.2, 0.25) is 0 Å². The number of benzene rings is 2. The number of hydrogen-bond acceptors (Lipinski definition) is 4. The highest BCUT2D eigenvalue weighted by molar-refractivity contribution is 6.34. The summed E-state index contributed by atoms with van der Waals surface area (Å²) in [5.74, 6) is 0.697. The van der Waals surface area contributed by atoms with Crippen molar-refractivity contribution in [3.8, 4) is 5.69 Å². The normalized spacial score (nSPS) is 12.7. The highest BCUT2D eigenvalue weighted by Crippen LogP contribution is 2.36. The van der Waals surface area contributed by atoms with E-state index in [1.165, 1.54) is 0 Å². The fourth-order valence-electron chi connectivity index (χ4n) is 3.66. The largest absolute Gasteiger partial charge is 0.338 e. The zero-order chi connectivity index (χ0) is 20.8. The lowest BCUT2D eigenvalue weighted by Gasteiger charge is -2.23. The minimum absolute atomic E-state index is 0.172. The van der Waals surface area contributed by atoms with E-state index < -0.39 is 0 Å². The molecule has 1 aliphatic heterocycles. The molecule has 1 N–H and O–H groups in total. The highest BCUT2D eigenvalue weighted by atomic mass is 35.5. The Balaban J connectivity index is 1.55. The predicted molar refractivity (Wildman–Crippen MR) is 117 cm³/mol. The van der Waals surface area contributed by atoms with E-state index in [1.54, 1.807) is 32.6 Å². The molecule has 1 aliphatic rings. The third kappa shape index (κ3) is 3.04. The average Bonchev–Trinajstić information content (AvgIpc) is 3.27. The van der Waals surface area contributed by atoms with Crippen LogP contribution in [0.3, 0.4) is 0 Å². The number of halogens is 1. The van der Waals surface area contributed by atoms with E-state index in [4.69, 9.17) is 11.6 Å². The fraction of sp³-hybridized carbons (Fsp3) is 0.136. The van der Waals surface area contributed by atoms with Crippen LogP contribution in [0.4, 0.5) is 17.2 Å². The summed E-state index contributed by atoms with van der Waals surface area (Å²) in [5, 5.41) is 12.5. The summed E-state index contributed by atoms with van der Waals surface area (Å²) < 4.78 is 3.51. The summed E-state index contributed by atoms with van der Waals surface area (Å²) in [7, 11) is 1.87. The molecule has 0 saturated carbocycles. The number of anilines is 3. The van der Waals surface area contributed by atoms with Crippen LogP contribution in [0.5, 0.6) is 0 Å². The van der Waals surface area contributed by atoms with Crippen LogP contribution in [0.2, 0.25) is 5.02 Å². The molecule has 0 unspecified atom stereocenters. The van der Waals surface area contributed by atoms with E-state index >= 15 is 0 Å². The van der Waals surface area contributed by atoms with Crippen molar-refractivity contribution in [3.63, 3.8) is 0 Å². The quantitative estimate of drug-likeness (QED) is 0.521. The Morgan fingerprint density at radius 1 is 1.17 bits per heavy atom. The first-order valence-corrected chi connectivity index (χ1v) is 9.90. The summed E-state index contributed by atoms with van der Waals surface area (Å²) >= 11 is 6.55. The van der Waals surface area contributed by atoms with Crippen molar-refractivity contribution in [3.05, 3.63) is 82.8 Å².